The monoisotopic (exact) mass is 464 g/mol. The lowest BCUT2D eigenvalue weighted by Crippen LogP contribution is -2.55. The predicted octanol–water partition coefficient (Wildman–Crippen LogP) is 1.70. The van der Waals surface area contributed by atoms with E-state index in [4.69, 9.17) is 0 Å². The number of nitrogens with zero attached hydrogens (tertiary/aromatic N) is 4. The molecule has 3 heterocycles. The van der Waals surface area contributed by atoms with Crippen molar-refractivity contribution in [2.75, 3.05) is 44.7 Å². The van der Waals surface area contributed by atoms with Crippen molar-refractivity contribution in [3.8, 4) is 0 Å². The summed E-state index contributed by atoms with van der Waals surface area (Å²) in [6, 6.07) is 4.51. The van der Waals surface area contributed by atoms with Crippen LogP contribution in [-0.2, 0) is 16.8 Å². The van der Waals surface area contributed by atoms with Crippen molar-refractivity contribution in [2.45, 2.75) is 25.9 Å². The zero-order chi connectivity index (χ0) is 22.7. The standard InChI is InChI=1S/C21H29FN6O3S/c1-17-6-2-3-11-28(17)21(29)24-23-19-8-4-7-18(20(19)22)16-25-12-14-27(15-13-25)32(30,31)26-9-5-10-26/h2-4,6-8,11,17,23H,5,9-10,12-16H2,1H3,(H,24,29). The van der Waals surface area contributed by atoms with E-state index in [0.717, 1.165) is 6.42 Å². The van der Waals surface area contributed by atoms with Gasteiger partial charge in [-0.2, -0.15) is 17.0 Å². The number of nitrogens with one attached hydrogen (secondary N) is 2. The number of piperazine rings is 1. The highest BCUT2D eigenvalue weighted by molar-refractivity contribution is 7.86. The van der Waals surface area contributed by atoms with Crippen LogP contribution in [0.2, 0.25) is 0 Å². The van der Waals surface area contributed by atoms with Crippen LogP contribution in [0.3, 0.4) is 0 Å². The SMILES string of the molecule is CC1C=CC=CN1C(=O)NNc1cccc(CN2CCN(S(=O)(=O)N3CCC3)CC2)c1F. The minimum absolute atomic E-state index is 0.0958. The Morgan fingerprint density at radius 3 is 2.47 bits per heavy atom. The normalized spacial score (nSPS) is 22.6. The summed E-state index contributed by atoms with van der Waals surface area (Å²) >= 11 is 0. The highest BCUT2D eigenvalue weighted by Gasteiger charge is 2.35. The maximum atomic E-state index is 15.0. The number of urea groups is 1. The number of allylic oxidation sites excluding steroid dienone is 2. The Balaban J connectivity index is 1.31. The Bertz CT molecular complexity index is 1000. The fourth-order valence-electron chi connectivity index (χ4n) is 3.87. The molecule has 11 heteroatoms. The number of halogens is 1. The minimum atomic E-state index is -3.36. The Labute approximate surface area is 188 Å². The average Bonchev–Trinajstić information content (AvgIpc) is 2.73. The molecule has 1 aromatic carbocycles. The number of carbonyl (C=O) groups is 1. The summed E-state index contributed by atoms with van der Waals surface area (Å²) in [5, 5.41) is 0. The topological polar surface area (TPSA) is 88.2 Å². The van der Waals surface area contributed by atoms with Crippen molar-refractivity contribution >= 4 is 21.9 Å². The number of hydrogen-bond donors (Lipinski definition) is 2. The van der Waals surface area contributed by atoms with E-state index in [0.29, 0.717) is 51.4 Å². The maximum absolute atomic E-state index is 15.0. The molecule has 2 amide bonds. The molecule has 0 aromatic heterocycles. The molecule has 1 atom stereocenters. The highest BCUT2D eigenvalue weighted by Crippen LogP contribution is 2.22. The molecule has 2 fully saturated rings. The number of carbonyl (C=O) groups excluding carboxylic acids is 1. The van der Waals surface area contributed by atoms with Gasteiger partial charge in [-0.25, -0.2) is 9.18 Å². The van der Waals surface area contributed by atoms with Crippen LogP contribution in [0.1, 0.15) is 18.9 Å². The smallest absolute Gasteiger partial charge is 0.296 e. The minimum Gasteiger partial charge on any atom is -0.296 e. The largest absolute Gasteiger partial charge is 0.340 e. The van der Waals surface area contributed by atoms with Crippen LogP contribution in [0.5, 0.6) is 0 Å². The Hall–Kier alpha value is -2.47. The van der Waals surface area contributed by atoms with Crippen LogP contribution in [-0.4, -0.2) is 78.2 Å². The van der Waals surface area contributed by atoms with Gasteiger partial charge in [-0.15, -0.1) is 0 Å². The zero-order valence-corrected chi connectivity index (χ0v) is 18.9. The van der Waals surface area contributed by atoms with Crippen LogP contribution in [0.4, 0.5) is 14.9 Å². The second-order valence-electron chi connectivity index (χ2n) is 8.14. The molecule has 0 bridgehead atoms. The van der Waals surface area contributed by atoms with Crippen LogP contribution in [0, 0.1) is 5.82 Å². The molecular weight excluding hydrogens is 435 g/mol. The number of amides is 2. The third-order valence-electron chi connectivity index (χ3n) is 6.00. The van der Waals surface area contributed by atoms with Crippen molar-refractivity contribution in [1.82, 2.24) is 23.8 Å². The summed E-state index contributed by atoms with van der Waals surface area (Å²) in [4.78, 5) is 15.9. The lowest BCUT2D eigenvalue weighted by Gasteiger charge is -2.39. The van der Waals surface area contributed by atoms with Gasteiger partial charge in [0.15, 0.2) is 5.82 Å². The van der Waals surface area contributed by atoms with Gasteiger partial charge in [0.2, 0.25) is 0 Å². The summed E-state index contributed by atoms with van der Waals surface area (Å²) in [7, 11) is -3.36. The molecule has 1 aromatic rings. The summed E-state index contributed by atoms with van der Waals surface area (Å²) < 4.78 is 43.1. The van der Waals surface area contributed by atoms with Gasteiger partial charge in [0.05, 0.1) is 11.7 Å². The summed E-state index contributed by atoms with van der Waals surface area (Å²) in [6.07, 6.45) is 8.08. The molecule has 0 radical (unpaired) electrons. The first-order valence-electron chi connectivity index (χ1n) is 10.8. The van der Waals surface area contributed by atoms with Gasteiger partial charge in [0.25, 0.3) is 10.2 Å². The molecule has 1 unspecified atom stereocenters. The van der Waals surface area contributed by atoms with Crippen molar-refractivity contribution in [1.29, 1.82) is 0 Å². The molecular formula is C21H29FN6O3S. The third kappa shape index (κ3) is 4.80. The number of hydrogen-bond acceptors (Lipinski definition) is 5. The van der Waals surface area contributed by atoms with E-state index in [9.17, 15) is 13.2 Å². The number of rotatable bonds is 6. The molecule has 2 N–H and O–H groups in total. The fourth-order valence-corrected chi connectivity index (χ4v) is 5.54. The Kier molecular flexibility index (Phi) is 6.79. The first-order chi connectivity index (χ1) is 15.4. The third-order valence-corrected chi connectivity index (χ3v) is 8.03. The van der Waals surface area contributed by atoms with Gasteiger partial charge in [-0.1, -0.05) is 24.3 Å². The van der Waals surface area contributed by atoms with Gasteiger partial charge < -0.3 is 0 Å². The van der Waals surface area contributed by atoms with Gasteiger partial charge in [0.1, 0.15) is 0 Å². The van der Waals surface area contributed by atoms with E-state index in [-0.39, 0.29) is 17.8 Å². The lowest BCUT2D eigenvalue weighted by molar-refractivity contribution is 0.167. The molecule has 3 aliphatic rings. The second kappa shape index (κ2) is 9.57. The first-order valence-corrected chi connectivity index (χ1v) is 12.2. The Morgan fingerprint density at radius 1 is 1.09 bits per heavy atom. The van der Waals surface area contributed by atoms with E-state index < -0.39 is 16.0 Å². The quantitative estimate of drug-likeness (QED) is 0.626. The summed E-state index contributed by atoms with van der Waals surface area (Å²) in [5.41, 5.74) is 5.87. The molecule has 0 aliphatic carbocycles. The Morgan fingerprint density at radius 2 is 1.81 bits per heavy atom. The highest BCUT2D eigenvalue weighted by atomic mass is 32.2. The van der Waals surface area contributed by atoms with Crippen LogP contribution < -0.4 is 10.9 Å². The van der Waals surface area contributed by atoms with Crippen molar-refractivity contribution in [3.63, 3.8) is 0 Å². The lowest BCUT2D eigenvalue weighted by atomic mass is 10.1. The number of hydrazine groups is 1. The first kappa shape index (κ1) is 22.7. The molecule has 0 saturated carbocycles. The second-order valence-corrected chi connectivity index (χ2v) is 10.1. The molecule has 9 nitrogen and oxygen atoms in total. The van der Waals surface area contributed by atoms with Crippen molar-refractivity contribution < 1.29 is 17.6 Å². The van der Waals surface area contributed by atoms with Crippen molar-refractivity contribution in [3.05, 3.63) is 54.0 Å². The van der Waals surface area contributed by atoms with Gasteiger partial charge in [-0.05, 0) is 25.5 Å². The van der Waals surface area contributed by atoms with E-state index in [1.54, 1.807) is 30.5 Å². The van der Waals surface area contributed by atoms with Crippen LogP contribution >= 0.6 is 0 Å². The molecule has 2 saturated heterocycles. The molecule has 174 valence electrons. The van der Waals surface area contributed by atoms with E-state index in [1.165, 1.54) is 13.5 Å². The van der Waals surface area contributed by atoms with Crippen molar-refractivity contribution in [2.24, 2.45) is 0 Å². The summed E-state index contributed by atoms with van der Waals surface area (Å²) in [6.45, 7) is 5.29. The number of anilines is 1. The molecule has 0 spiro atoms. The number of benzene rings is 1. The summed E-state index contributed by atoms with van der Waals surface area (Å²) in [5.74, 6) is -0.439. The fraction of sp³-hybridized carbons (Fsp3) is 0.476. The molecule has 32 heavy (non-hydrogen) atoms. The van der Waals surface area contributed by atoms with Crippen LogP contribution in [0.15, 0.2) is 42.6 Å². The van der Waals surface area contributed by atoms with E-state index >= 15 is 4.39 Å². The van der Waals surface area contributed by atoms with Crippen LogP contribution in [0.25, 0.3) is 0 Å². The molecule has 3 aliphatic heterocycles. The average molecular weight is 465 g/mol. The van der Waals surface area contributed by atoms with E-state index in [1.807, 2.05) is 24.0 Å². The molecule has 4 rings (SSSR count). The van der Waals surface area contributed by atoms with Gasteiger partial charge in [0, 0.05) is 57.6 Å². The van der Waals surface area contributed by atoms with Gasteiger partial charge >= 0.3 is 6.03 Å². The zero-order valence-electron chi connectivity index (χ0n) is 18.1. The van der Waals surface area contributed by atoms with Gasteiger partial charge in [-0.3, -0.25) is 20.7 Å². The predicted molar refractivity (Wildman–Crippen MR) is 120 cm³/mol. The maximum Gasteiger partial charge on any atom is 0.340 e. The van der Waals surface area contributed by atoms with E-state index in [2.05, 4.69) is 10.9 Å².